The summed E-state index contributed by atoms with van der Waals surface area (Å²) in [6, 6.07) is 19.0. The molecule has 126 valence electrons. The molecule has 2 nitrogen and oxygen atoms in total. The number of rotatable bonds is 3. The minimum atomic E-state index is -4.69. The largest absolute Gasteiger partial charge is 0.573 e. The lowest BCUT2D eigenvalue weighted by Gasteiger charge is -2.15. The van der Waals surface area contributed by atoms with E-state index in [1.807, 2.05) is 42.5 Å². The van der Waals surface area contributed by atoms with Crippen LogP contribution in [0.1, 0.15) is 17.2 Å². The summed E-state index contributed by atoms with van der Waals surface area (Å²) in [6.45, 7) is 0. The van der Waals surface area contributed by atoms with Gasteiger partial charge in [-0.15, -0.1) is 25.6 Å². The fourth-order valence-corrected chi connectivity index (χ4v) is 2.47. The van der Waals surface area contributed by atoms with Crippen molar-refractivity contribution >= 4 is 23.2 Å². The van der Waals surface area contributed by atoms with Gasteiger partial charge in [-0.05, 0) is 40.1 Å². The summed E-state index contributed by atoms with van der Waals surface area (Å²) in [5, 5.41) is 2.18. The van der Waals surface area contributed by atoms with Crippen LogP contribution in [0.3, 0.4) is 0 Å². The van der Waals surface area contributed by atoms with Crippen LogP contribution in [0.4, 0.5) is 13.2 Å². The van der Waals surface area contributed by atoms with E-state index >= 15 is 0 Å². The molecule has 0 spiro atoms. The third kappa shape index (κ3) is 4.19. The molecule has 24 heavy (non-hydrogen) atoms. The lowest BCUT2D eigenvalue weighted by Crippen LogP contribution is -2.17. The summed E-state index contributed by atoms with van der Waals surface area (Å²) in [7, 11) is 0. The van der Waals surface area contributed by atoms with Crippen molar-refractivity contribution in [2.24, 2.45) is 5.73 Å². The third-order valence-corrected chi connectivity index (χ3v) is 3.61. The zero-order valence-corrected chi connectivity index (χ0v) is 13.3. The Bertz CT molecular complexity index is 818. The maximum atomic E-state index is 12.2. The van der Waals surface area contributed by atoms with Gasteiger partial charge in [-0.1, -0.05) is 48.5 Å². The Morgan fingerprint density at radius 2 is 1.38 bits per heavy atom. The summed E-state index contributed by atoms with van der Waals surface area (Å²) in [5.74, 6) is -0.257. The Morgan fingerprint density at radius 1 is 0.792 bits per heavy atom. The fraction of sp³-hybridized carbons (Fsp3) is 0.111. The minimum Gasteiger partial charge on any atom is -0.406 e. The number of hydrogen-bond acceptors (Lipinski definition) is 2. The predicted molar refractivity (Wildman–Crippen MR) is 90.4 cm³/mol. The van der Waals surface area contributed by atoms with Gasteiger partial charge in [0.15, 0.2) is 0 Å². The van der Waals surface area contributed by atoms with Gasteiger partial charge in [-0.2, -0.15) is 0 Å². The Hall–Kier alpha value is -2.24. The number of nitrogens with two attached hydrogens (primary N) is 1. The summed E-state index contributed by atoms with van der Waals surface area (Å²) in [5.41, 5.74) is 7.84. The molecule has 0 radical (unpaired) electrons. The van der Waals surface area contributed by atoms with Gasteiger partial charge < -0.3 is 10.5 Å². The molecule has 3 aromatic carbocycles. The highest BCUT2D eigenvalue weighted by Crippen LogP contribution is 2.27. The first-order valence-electron chi connectivity index (χ1n) is 7.02. The van der Waals surface area contributed by atoms with E-state index in [2.05, 4.69) is 4.74 Å². The predicted octanol–water partition coefficient (Wildman–Crippen LogP) is 5.21. The van der Waals surface area contributed by atoms with Crippen molar-refractivity contribution < 1.29 is 17.9 Å². The molecular weight excluding hydrogens is 339 g/mol. The van der Waals surface area contributed by atoms with Crippen LogP contribution < -0.4 is 10.5 Å². The molecule has 3 rings (SSSR count). The summed E-state index contributed by atoms with van der Waals surface area (Å²) in [6.07, 6.45) is -4.69. The molecule has 0 amide bonds. The van der Waals surface area contributed by atoms with Gasteiger partial charge in [-0.3, -0.25) is 0 Å². The smallest absolute Gasteiger partial charge is 0.406 e. The molecule has 0 aliphatic heterocycles. The molecule has 0 saturated heterocycles. The molecule has 1 atom stereocenters. The number of hydrogen-bond donors (Lipinski definition) is 1. The molecule has 6 heteroatoms. The molecule has 0 bridgehead atoms. The molecule has 0 heterocycles. The number of ether oxygens (including phenoxy) is 1. The maximum absolute atomic E-state index is 12.2. The second-order valence-corrected chi connectivity index (χ2v) is 5.20. The molecule has 2 N–H and O–H groups in total. The Labute approximate surface area is 143 Å². The van der Waals surface area contributed by atoms with Crippen molar-refractivity contribution in [2.45, 2.75) is 12.4 Å². The topological polar surface area (TPSA) is 35.2 Å². The van der Waals surface area contributed by atoms with E-state index in [1.54, 1.807) is 12.1 Å². The molecule has 0 aliphatic carbocycles. The first kappa shape index (κ1) is 18.1. The molecular formula is C18H15ClF3NO. The summed E-state index contributed by atoms with van der Waals surface area (Å²) in [4.78, 5) is 0. The van der Waals surface area contributed by atoms with E-state index in [4.69, 9.17) is 5.73 Å². The van der Waals surface area contributed by atoms with E-state index in [0.717, 1.165) is 21.9 Å². The normalized spacial score (nSPS) is 12.5. The minimum absolute atomic E-state index is 0. The van der Waals surface area contributed by atoms with Gasteiger partial charge in [0.05, 0.1) is 6.04 Å². The monoisotopic (exact) mass is 353 g/mol. The van der Waals surface area contributed by atoms with E-state index in [1.165, 1.54) is 12.1 Å². The van der Waals surface area contributed by atoms with Crippen molar-refractivity contribution in [1.29, 1.82) is 0 Å². The molecule has 0 unspecified atom stereocenters. The lowest BCUT2D eigenvalue weighted by atomic mass is 9.97. The van der Waals surface area contributed by atoms with Gasteiger partial charge in [0.25, 0.3) is 0 Å². The first-order valence-corrected chi connectivity index (χ1v) is 7.02. The van der Waals surface area contributed by atoms with Gasteiger partial charge in [-0.25, -0.2) is 0 Å². The van der Waals surface area contributed by atoms with Gasteiger partial charge in [0, 0.05) is 0 Å². The van der Waals surface area contributed by atoms with Crippen LogP contribution in [-0.4, -0.2) is 6.36 Å². The van der Waals surface area contributed by atoms with Crippen molar-refractivity contribution in [1.82, 2.24) is 0 Å². The second-order valence-electron chi connectivity index (χ2n) is 5.20. The zero-order valence-electron chi connectivity index (χ0n) is 12.5. The van der Waals surface area contributed by atoms with Crippen LogP contribution in [0, 0.1) is 0 Å². The van der Waals surface area contributed by atoms with Gasteiger partial charge in [0.2, 0.25) is 0 Å². The van der Waals surface area contributed by atoms with Crippen molar-refractivity contribution in [3.8, 4) is 5.75 Å². The first-order chi connectivity index (χ1) is 10.9. The number of fused-ring (bicyclic) bond motifs is 1. The molecule has 0 aromatic heterocycles. The van der Waals surface area contributed by atoms with Crippen LogP contribution in [0.5, 0.6) is 5.75 Å². The van der Waals surface area contributed by atoms with Crippen LogP contribution in [-0.2, 0) is 0 Å². The average Bonchev–Trinajstić information content (AvgIpc) is 2.53. The SMILES string of the molecule is Cl.N[C@H](c1ccc(OC(F)(F)F)cc1)c1ccc2ccccc2c1. The molecule has 3 aromatic rings. The lowest BCUT2D eigenvalue weighted by molar-refractivity contribution is -0.274. The summed E-state index contributed by atoms with van der Waals surface area (Å²) >= 11 is 0. The van der Waals surface area contributed by atoms with E-state index in [-0.39, 0.29) is 18.2 Å². The van der Waals surface area contributed by atoms with Crippen LogP contribution in [0.2, 0.25) is 0 Å². The van der Waals surface area contributed by atoms with Gasteiger partial charge in [0.1, 0.15) is 5.75 Å². The zero-order chi connectivity index (χ0) is 16.4. The quantitative estimate of drug-likeness (QED) is 0.701. The molecule has 0 fully saturated rings. The van der Waals surface area contributed by atoms with Crippen LogP contribution in [0.15, 0.2) is 66.7 Å². The molecule has 0 aliphatic rings. The Morgan fingerprint density at radius 3 is 2.00 bits per heavy atom. The Balaban J connectivity index is 0.00000208. The second kappa shape index (κ2) is 7.11. The van der Waals surface area contributed by atoms with Crippen molar-refractivity contribution in [2.75, 3.05) is 0 Å². The standard InChI is InChI=1S/C18H14F3NO.ClH/c19-18(20,21)23-16-9-7-13(8-10-16)17(22)15-6-5-12-3-1-2-4-14(12)11-15;/h1-11,17H,22H2;1H/t17-;/m1./s1. The molecule has 0 saturated carbocycles. The van der Waals surface area contributed by atoms with Crippen LogP contribution in [0.25, 0.3) is 10.8 Å². The van der Waals surface area contributed by atoms with Crippen molar-refractivity contribution in [3.63, 3.8) is 0 Å². The third-order valence-electron chi connectivity index (χ3n) is 3.61. The number of alkyl halides is 3. The van der Waals surface area contributed by atoms with E-state index in [9.17, 15) is 13.2 Å². The highest BCUT2D eigenvalue weighted by Gasteiger charge is 2.31. The Kier molecular flexibility index (Phi) is 5.36. The highest BCUT2D eigenvalue weighted by molar-refractivity contribution is 5.85. The highest BCUT2D eigenvalue weighted by atomic mass is 35.5. The summed E-state index contributed by atoms with van der Waals surface area (Å²) < 4.78 is 40.4. The fourth-order valence-electron chi connectivity index (χ4n) is 2.47. The van der Waals surface area contributed by atoms with Crippen LogP contribution >= 0.6 is 12.4 Å². The average molecular weight is 354 g/mol. The number of benzene rings is 3. The van der Waals surface area contributed by atoms with Gasteiger partial charge >= 0.3 is 6.36 Å². The van der Waals surface area contributed by atoms with E-state index < -0.39 is 12.4 Å². The number of halogens is 4. The van der Waals surface area contributed by atoms with E-state index in [0.29, 0.717) is 0 Å². The van der Waals surface area contributed by atoms with Crippen molar-refractivity contribution in [3.05, 3.63) is 77.9 Å². The maximum Gasteiger partial charge on any atom is 0.573 e.